The number of halogens is 4. The van der Waals surface area contributed by atoms with E-state index in [2.05, 4.69) is 11.7 Å². The van der Waals surface area contributed by atoms with Crippen LogP contribution in [0.3, 0.4) is 0 Å². The summed E-state index contributed by atoms with van der Waals surface area (Å²) in [6.07, 6.45) is 8.90. The van der Waals surface area contributed by atoms with Crippen LogP contribution in [0.25, 0.3) is 0 Å². The number of alkyl halides is 4. The highest BCUT2D eigenvalue weighted by Crippen LogP contribution is 2.41. The number of unbranched alkanes of at least 4 members (excludes halogenated alkanes) is 1. The normalized spacial score (nSPS) is 27.4. The van der Waals surface area contributed by atoms with Crippen LogP contribution < -0.4 is 4.74 Å². The van der Waals surface area contributed by atoms with E-state index < -0.39 is 12.5 Å². The van der Waals surface area contributed by atoms with Gasteiger partial charge in [-0.1, -0.05) is 70.4 Å². The first kappa shape index (κ1) is 24.4. The molecule has 0 saturated heterocycles. The molecule has 0 bridgehead atoms. The summed E-state index contributed by atoms with van der Waals surface area (Å²) in [5.74, 6) is 2.90. The van der Waals surface area contributed by atoms with Gasteiger partial charge in [0.25, 0.3) is 0 Å². The quantitative estimate of drug-likeness (QED) is 0.329. The molecule has 1 aromatic rings. The number of ether oxygens (including phenoxy) is 1. The van der Waals surface area contributed by atoms with Gasteiger partial charge in [-0.05, 0) is 73.5 Å². The minimum atomic E-state index is -4.45. The van der Waals surface area contributed by atoms with Crippen molar-refractivity contribution in [2.75, 3.05) is 0 Å². The molecule has 0 spiro atoms. The zero-order valence-corrected chi connectivity index (χ0v) is 18.8. The summed E-state index contributed by atoms with van der Waals surface area (Å²) in [6.45, 7) is 2.28. The van der Waals surface area contributed by atoms with Crippen LogP contribution in [0.2, 0.25) is 0 Å². The average molecular weight is 443 g/mol. The third kappa shape index (κ3) is 7.39. The van der Waals surface area contributed by atoms with Crippen LogP contribution in [0.15, 0.2) is 24.3 Å². The molecule has 0 amide bonds. The molecule has 2 fully saturated rings. The van der Waals surface area contributed by atoms with Crippen LogP contribution in [0.5, 0.6) is 5.75 Å². The van der Waals surface area contributed by atoms with Crippen molar-refractivity contribution in [3.63, 3.8) is 0 Å². The van der Waals surface area contributed by atoms with E-state index >= 15 is 0 Å². The van der Waals surface area contributed by atoms with Gasteiger partial charge in [-0.2, -0.15) is 17.6 Å². The first-order valence-electron chi connectivity index (χ1n) is 12.3. The summed E-state index contributed by atoms with van der Waals surface area (Å²) in [6, 6.07) is 6.27. The predicted octanol–water partition coefficient (Wildman–Crippen LogP) is 8.97. The van der Waals surface area contributed by atoms with Gasteiger partial charge < -0.3 is 4.74 Å². The second-order valence-corrected chi connectivity index (χ2v) is 9.87. The smallest absolute Gasteiger partial charge is 0.428 e. The van der Waals surface area contributed by atoms with Crippen molar-refractivity contribution >= 4 is 0 Å². The molecule has 0 aliphatic heterocycles. The fourth-order valence-corrected chi connectivity index (χ4v) is 5.69. The molecule has 0 aromatic heterocycles. The highest BCUT2D eigenvalue weighted by atomic mass is 19.3. The topological polar surface area (TPSA) is 9.23 Å². The van der Waals surface area contributed by atoms with Gasteiger partial charge >= 0.3 is 12.5 Å². The Morgan fingerprint density at radius 2 is 1.48 bits per heavy atom. The maximum absolute atomic E-state index is 13.0. The summed E-state index contributed by atoms with van der Waals surface area (Å²) in [4.78, 5) is 0. The first-order chi connectivity index (χ1) is 14.9. The second kappa shape index (κ2) is 11.6. The Hall–Kier alpha value is -1.26. The van der Waals surface area contributed by atoms with Crippen molar-refractivity contribution in [2.45, 2.75) is 109 Å². The molecule has 176 valence electrons. The molecule has 3 rings (SSSR count). The standard InChI is InChI=1S/C26H38F4O/c1-2-3-5-20-6-4-7-21(18-20)9-8-19-10-12-22(13-11-19)23-14-16-24(17-15-23)31-26(29,30)25(27)28/h14-17,19-22,25H,2-13,18H2,1H3/t19-,20-,21+,22-/m0/s1. The number of rotatable bonds is 10. The molecule has 2 saturated carbocycles. The Labute approximate surface area is 184 Å². The minimum Gasteiger partial charge on any atom is -0.428 e. The summed E-state index contributed by atoms with van der Waals surface area (Å²) in [5, 5.41) is 0. The van der Waals surface area contributed by atoms with E-state index in [9.17, 15) is 17.6 Å². The van der Waals surface area contributed by atoms with Crippen LogP contribution >= 0.6 is 0 Å². The molecule has 2 atom stereocenters. The third-order valence-electron chi connectivity index (χ3n) is 7.55. The Morgan fingerprint density at radius 3 is 2.10 bits per heavy atom. The Kier molecular flexibility index (Phi) is 9.09. The van der Waals surface area contributed by atoms with E-state index in [0.29, 0.717) is 5.92 Å². The van der Waals surface area contributed by atoms with Crippen molar-refractivity contribution in [3.8, 4) is 5.75 Å². The summed E-state index contributed by atoms with van der Waals surface area (Å²) in [7, 11) is 0. The summed E-state index contributed by atoms with van der Waals surface area (Å²) < 4.78 is 54.8. The van der Waals surface area contributed by atoms with Crippen LogP contribution in [-0.2, 0) is 0 Å². The number of benzene rings is 1. The monoisotopic (exact) mass is 442 g/mol. The van der Waals surface area contributed by atoms with Crippen molar-refractivity contribution in [1.29, 1.82) is 0 Å². The molecular formula is C26H38F4O. The molecule has 2 aliphatic rings. The van der Waals surface area contributed by atoms with Crippen LogP contribution in [-0.4, -0.2) is 12.5 Å². The van der Waals surface area contributed by atoms with Gasteiger partial charge in [-0.15, -0.1) is 0 Å². The predicted molar refractivity (Wildman–Crippen MR) is 117 cm³/mol. The lowest BCUT2D eigenvalue weighted by Crippen LogP contribution is -2.33. The lowest BCUT2D eigenvalue weighted by Gasteiger charge is -2.32. The zero-order chi connectivity index (χ0) is 22.3. The first-order valence-corrected chi connectivity index (χ1v) is 12.3. The second-order valence-electron chi connectivity index (χ2n) is 9.87. The molecule has 31 heavy (non-hydrogen) atoms. The molecule has 0 unspecified atom stereocenters. The highest BCUT2D eigenvalue weighted by Gasteiger charge is 2.44. The van der Waals surface area contributed by atoms with Gasteiger partial charge in [0.15, 0.2) is 0 Å². The van der Waals surface area contributed by atoms with Gasteiger partial charge in [0.05, 0.1) is 0 Å². The van der Waals surface area contributed by atoms with Crippen molar-refractivity contribution in [3.05, 3.63) is 29.8 Å². The van der Waals surface area contributed by atoms with Gasteiger partial charge in [-0.3, -0.25) is 0 Å². The lowest BCUT2D eigenvalue weighted by molar-refractivity contribution is -0.253. The van der Waals surface area contributed by atoms with E-state index in [4.69, 9.17) is 0 Å². The van der Waals surface area contributed by atoms with Crippen molar-refractivity contribution in [1.82, 2.24) is 0 Å². The Bertz CT molecular complexity index is 637. The van der Waals surface area contributed by atoms with Gasteiger partial charge in [0.1, 0.15) is 5.75 Å². The summed E-state index contributed by atoms with van der Waals surface area (Å²) >= 11 is 0. The summed E-state index contributed by atoms with van der Waals surface area (Å²) in [5.41, 5.74) is 1.09. The van der Waals surface area contributed by atoms with Gasteiger partial charge in [-0.25, -0.2) is 0 Å². The maximum atomic E-state index is 13.0. The molecular weight excluding hydrogens is 404 g/mol. The Balaban J connectivity index is 1.39. The van der Waals surface area contributed by atoms with Crippen molar-refractivity contribution < 1.29 is 22.3 Å². The van der Waals surface area contributed by atoms with E-state index in [1.807, 2.05) is 0 Å². The minimum absolute atomic E-state index is 0.215. The third-order valence-corrected chi connectivity index (χ3v) is 7.55. The van der Waals surface area contributed by atoms with Gasteiger partial charge in [0, 0.05) is 0 Å². The van der Waals surface area contributed by atoms with E-state index in [-0.39, 0.29) is 5.75 Å². The van der Waals surface area contributed by atoms with Crippen LogP contribution in [0.1, 0.15) is 102 Å². The molecule has 2 aliphatic carbocycles. The van der Waals surface area contributed by atoms with E-state index in [1.54, 1.807) is 12.1 Å². The van der Waals surface area contributed by atoms with Gasteiger partial charge in [0.2, 0.25) is 0 Å². The number of hydrogen-bond acceptors (Lipinski definition) is 1. The molecule has 1 nitrogen and oxygen atoms in total. The molecule has 0 N–H and O–H groups in total. The fourth-order valence-electron chi connectivity index (χ4n) is 5.69. The lowest BCUT2D eigenvalue weighted by atomic mass is 9.73. The van der Waals surface area contributed by atoms with Crippen LogP contribution in [0.4, 0.5) is 17.6 Å². The molecule has 1 aromatic carbocycles. The largest absolute Gasteiger partial charge is 0.461 e. The molecule has 5 heteroatoms. The SMILES string of the molecule is CCCC[C@H]1CCC[C@H](CC[C@H]2CC[C@H](c3ccc(OC(F)(F)C(F)F)cc3)CC2)C1. The van der Waals surface area contributed by atoms with E-state index in [0.717, 1.165) is 36.2 Å². The highest BCUT2D eigenvalue weighted by molar-refractivity contribution is 5.30. The average Bonchev–Trinajstić information content (AvgIpc) is 2.77. The fraction of sp³-hybridized carbons (Fsp3) is 0.769. The number of hydrogen-bond donors (Lipinski definition) is 0. The maximum Gasteiger partial charge on any atom is 0.461 e. The van der Waals surface area contributed by atoms with E-state index in [1.165, 1.54) is 82.8 Å². The Morgan fingerprint density at radius 1 is 0.871 bits per heavy atom. The molecule has 0 heterocycles. The van der Waals surface area contributed by atoms with Crippen LogP contribution in [0, 0.1) is 17.8 Å². The zero-order valence-electron chi connectivity index (χ0n) is 18.8. The van der Waals surface area contributed by atoms with Crippen molar-refractivity contribution in [2.24, 2.45) is 17.8 Å². The molecule has 0 radical (unpaired) electrons.